The van der Waals surface area contributed by atoms with Crippen LogP contribution in [0.2, 0.25) is 0 Å². The monoisotopic (exact) mass is 328 g/mol. The van der Waals surface area contributed by atoms with Crippen LogP contribution in [0.4, 0.5) is 0 Å². The molecular weight excluding hydrogens is 304 g/mol. The Morgan fingerprint density at radius 2 is 2.17 bits per heavy atom. The summed E-state index contributed by atoms with van der Waals surface area (Å²) in [6, 6.07) is 0. The molecule has 2 aromatic heterocycles. The fraction of sp³-hybridized carbons (Fsp3) is 0.611. The number of carbonyl (C=O) groups excluding carboxylic acids is 1. The van der Waals surface area contributed by atoms with Gasteiger partial charge in [0, 0.05) is 44.2 Å². The van der Waals surface area contributed by atoms with Gasteiger partial charge in [-0.25, -0.2) is 4.98 Å². The molecule has 24 heavy (non-hydrogen) atoms. The van der Waals surface area contributed by atoms with Crippen LogP contribution in [0.1, 0.15) is 49.1 Å². The van der Waals surface area contributed by atoms with Gasteiger partial charge in [-0.15, -0.1) is 0 Å². The number of fused-ring (bicyclic) bond motifs is 1. The number of aryl methyl sites for hydroxylation is 2. The van der Waals surface area contributed by atoms with Gasteiger partial charge in [0.2, 0.25) is 11.8 Å². The van der Waals surface area contributed by atoms with Crippen molar-refractivity contribution in [3.63, 3.8) is 0 Å². The molecular formula is C18H24N4O2. The molecule has 3 heterocycles. The third kappa shape index (κ3) is 2.74. The van der Waals surface area contributed by atoms with Crippen molar-refractivity contribution in [1.29, 1.82) is 0 Å². The van der Waals surface area contributed by atoms with E-state index >= 15 is 0 Å². The molecule has 0 radical (unpaired) electrons. The van der Waals surface area contributed by atoms with Gasteiger partial charge in [0.15, 0.2) is 5.69 Å². The molecule has 0 aromatic carbocycles. The van der Waals surface area contributed by atoms with Crippen LogP contribution in [-0.2, 0) is 24.8 Å². The van der Waals surface area contributed by atoms with E-state index in [1.54, 1.807) is 6.20 Å². The van der Waals surface area contributed by atoms with Crippen LogP contribution in [0.15, 0.2) is 10.6 Å². The molecule has 0 N–H and O–H groups in total. The van der Waals surface area contributed by atoms with E-state index in [9.17, 15) is 4.79 Å². The number of nitrogens with zero attached hydrogens (tertiary/aromatic N) is 4. The first kappa shape index (κ1) is 15.4. The Kier molecular flexibility index (Phi) is 3.90. The predicted octanol–water partition coefficient (Wildman–Crippen LogP) is 2.85. The summed E-state index contributed by atoms with van der Waals surface area (Å²) in [4.78, 5) is 19.0. The van der Waals surface area contributed by atoms with Gasteiger partial charge in [-0.05, 0) is 25.7 Å². The fourth-order valence-electron chi connectivity index (χ4n) is 4.03. The number of rotatable bonds is 3. The largest absolute Gasteiger partial charge is 0.440 e. The lowest BCUT2D eigenvalue weighted by Gasteiger charge is -2.28. The van der Waals surface area contributed by atoms with E-state index in [2.05, 4.69) is 10.1 Å². The SMILES string of the molecule is Cc1cnc(-c2nn(C)c3c2CN(C(=O)CC2CCCC2)CC3)o1. The lowest BCUT2D eigenvalue weighted by molar-refractivity contribution is -0.133. The van der Waals surface area contributed by atoms with Crippen LogP contribution >= 0.6 is 0 Å². The number of amides is 1. The minimum atomic E-state index is 0.283. The number of hydrogen-bond acceptors (Lipinski definition) is 4. The van der Waals surface area contributed by atoms with Crippen molar-refractivity contribution >= 4 is 5.91 Å². The maximum Gasteiger partial charge on any atom is 0.247 e. The molecule has 2 aromatic rings. The topological polar surface area (TPSA) is 64.2 Å². The standard InChI is InChI=1S/C18H24N4O2/c1-12-10-19-18(24-12)17-14-11-22(8-7-15(14)21(2)20-17)16(23)9-13-5-3-4-6-13/h10,13H,3-9,11H2,1-2H3. The van der Waals surface area contributed by atoms with Crippen molar-refractivity contribution in [2.75, 3.05) is 6.54 Å². The zero-order chi connectivity index (χ0) is 16.7. The van der Waals surface area contributed by atoms with Crippen LogP contribution in [0.5, 0.6) is 0 Å². The average Bonchev–Trinajstić information content (AvgIpc) is 3.29. The molecule has 4 rings (SSSR count). The van der Waals surface area contributed by atoms with Gasteiger partial charge in [0.1, 0.15) is 5.76 Å². The first-order valence-corrected chi connectivity index (χ1v) is 8.87. The van der Waals surface area contributed by atoms with Gasteiger partial charge < -0.3 is 9.32 Å². The minimum Gasteiger partial charge on any atom is -0.440 e. The van der Waals surface area contributed by atoms with Crippen molar-refractivity contribution in [2.24, 2.45) is 13.0 Å². The van der Waals surface area contributed by atoms with E-state index < -0.39 is 0 Å². The smallest absolute Gasteiger partial charge is 0.247 e. The molecule has 2 aliphatic rings. The molecule has 0 unspecified atom stereocenters. The lowest BCUT2D eigenvalue weighted by atomic mass is 10.0. The summed E-state index contributed by atoms with van der Waals surface area (Å²) < 4.78 is 7.57. The second-order valence-corrected chi connectivity index (χ2v) is 7.09. The average molecular weight is 328 g/mol. The van der Waals surface area contributed by atoms with Crippen LogP contribution in [-0.4, -0.2) is 32.1 Å². The summed E-state index contributed by atoms with van der Waals surface area (Å²) in [6.07, 6.45) is 8.22. The van der Waals surface area contributed by atoms with E-state index in [1.807, 2.05) is 23.6 Å². The zero-order valence-corrected chi connectivity index (χ0v) is 14.4. The first-order chi connectivity index (χ1) is 11.6. The molecule has 1 saturated carbocycles. The molecule has 1 aliphatic carbocycles. The van der Waals surface area contributed by atoms with Crippen molar-refractivity contribution in [3.05, 3.63) is 23.2 Å². The third-order valence-corrected chi connectivity index (χ3v) is 5.36. The van der Waals surface area contributed by atoms with E-state index in [4.69, 9.17) is 4.42 Å². The zero-order valence-electron chi connectivity index (χ0n) is 14.4. The summed E-state index contributed by atoms with van der Waals surface area (Å²) in [6.45, 7) is 3.27. The van der Waals surface area contributed by atoms with E-state index in [0.717, 1.165) is 30.0 Å². The van der Waals surface area contributed by atoms with E-state index in [0.29, 0.717) is 24.8 Å². The number of carbonyl (C=O) groups is 1. The molecule has 0 bridgehead atoms. The summed E-state index contributed by atoms with van der Waals surface area (Å²) in [5.41, 5.74) is 3.05. The highest BCUT2D eigenvalue weighted by atomic mass is 16.4. The van der Waals surface area contributed by atoms with Crippen molar-refractivity contribution in [1.82, 2.24) is 19.7 Å². The Hall–Kier alpha value is -2.11. The summed E-state index contributed by atoms with van der Waals surface area (Å²) >= 11 is 0. The molecule has 1 fully saturated rings. The maximum absolute atomic E-state index is 12.7. The second kappa shape index (κ2) is 6.07. The van der Waals surface area contributed by atoms with Crippen molar-refractivity contribution in [3.8, 4) is 11.6 Å². The van der Waals surface area contributed by atoms with Crippen LogP contribution < -0.4 is 0 Å². The molecule has 6 heteroatoms. The van der Waals surface area contributed by atoms with Gasteiger partial charge in [0.25, 0.3) is 0 Å². The quantitative estimate of drug-likeness (QED) is 0.869. The highest BCUT2D eigenvalue weighted by molar-refractivity contribution is 5.77. The van der Waals surface area contributed by atoms with Crippen LogP contribution in [0.3, 0.4) is 0 Å². The van der Waals surface area contributed by atoms with Crippen molar-refractivity contribution in [2.45, 2.75) is 52.0 Å². The molecule has 0 spiro atoms. The fourth-order valence-corrected chi connectivity index (χ4v) is 4.03. The molecule has 1 amide bonds. The van der Waals surface area contributed by atoms with Gasteiger partial charge in [-0.1, -0.05) is 12.8 Å². The Morgan fingerprint density at radius 3 is 2.88 bits per heavy atom. The Bertz CT molecular complexity index is 755. The highest BCUT2D eigenvalue weighted by Gasteiger charge is 2.30. The normalized spacial score (nSPS) is 18.2. The van der Waals surface area contributed by atoms with Gasteiger partial charge in [-0.2, -0.15) is 5.10 Å². The molecule has 6 nitrogen and oxygen atoms in total. The van der Waals surface area contributed by atoms with Gasteiger partial charge in [0.05, 0.1) is 6.20 Å². The Balaban J connectivity index is 1.56. The first-order valence-electron chi connectivity index (χ1n) is 8.87. The predicted molar refractivity (Wildman–Crippen MR) is 89.1 cm³/mol. The molecule has 0 atom stereocenters. The molecule has 0 saturated heterocycles. The van der Waals surface area contributed by atoms with Gasteiger partial charge >= 0.3 is 0 Å². The molecule has 1 aliphatic heterocycles. The van der Waals surface area contributed by atoms with E-state index in [-0.39, 0.29) is 5.91 Å². The van der Waals surface area contributed by atoms with Crippen molar-refractivity contribution < 1.29 is 9.21 Å². The Labute approximate surface area is 141 Å². The third-order valence-electron chi connectivity index (χ3n) is 5.36. The number of aromatic nitrogens is 3. The summed E-state index contributed by atoms with van der Waals surface area (Å²) in [7, 11) is 1.95. The minimum absolute atomic E-state index is 0.283. The van der Waals surface area contributed by atoms with E-state index in [1.165, 1.54) is 31.4 Å². The number of hydrogen-bond donors (Lipinski definition) is 0. The van der Waals surface area contributed by atoms with Crippen LogP contribution in [0, 0.1) is 12.8 Å². The lowest BCUT2D eigenvalue weighted by Crippen LogP contribution is -2.37. The van der Waals surface area contributed by atoms with Gasteiger partial charge in [-0.3, -0.25) is 9.48 Å². The summed E-state index contributed by atoms with van der Waals surface area (Å²) in [5.74, 6) is 2.19. The summed E-state index contributed by atoms with van der Waals surface area (Å²) in [5, 5.41) is 4.60. The van der Waals surface area contributed by atoms with Crippen LogP contribution in [0.25, 0.3) is 11.6 Å². The maximum atomic E-state index is 12.7. The highest BCUT2D eigenvalue weighted by Crippen LogP contribution is 2.32. The Morgan fingerprint density at radius 1 is 1.38 bits per heavy atom. The molecule has 128 valence electrons. The number of oxazole rings is 1. The second-order valence-electron chi connectivity index (χ2n) is 7.09.